The number of halogens is 1. The third-order valence-corrected chi connectivity index (χ3v) is 5.62. The lowest BCUT2D eigenvalue weighted by atomic mass is 10.0. The monoisotopic (exact) mass is 436 g/mol. The first kappa shape index (κ1) is 19.1. The average molecular weight is 436 g/mol. The molecule has 7 nitrogen and oxygen atoms in total. The Morgan fingerprint density at radius 1 is 0.879 bits per heavy atom. The number of aromatic amines is 2. The summed E-state index contributed by atoms with van der Waals surface area (Å²) in [5, 5.41) is 9.41. The zero-order valence-corrected chi connectivity index (χ0v) is 17.5. The van der Waals surface area contributed by atoms with Gasteiger partial charge in [-0.2, -0.15) is 5.10 Å². The largest absolute Gasteiger partial charge is 0.497 e. The van der Waals surface area contributed by atoms with Crippen LogP contribution < -0.4 is 4.74 Å². The molecular weight excluding hydrogens is 419 g/mol. The smallest absolute Gasteiger partial charge is 0.127 e. The number of rotatable bonds is 4. The molecule has 0 unspecified atom stereocenters. The number of benzene rings is 1. The number of hydrogen-bond acceptors (Lipinski definition) is 5. The van der Waals surface area contributed by atoms with Crippen LogP contribution in [0.25, 0.3) is 55.6 Å². The van der Waals surface area contributed by atoms with Crippen molar-refractivity contribution in [2.75, 3.05) is 7.11 Å². The maximum atomic E-state index is 14.1. The van der Waals surface area contributed by atoms with E-state index < -0.39 is 0 Å². The number of fused-ring (bicyclic) bond motifs is 2. The quantitative estimate of drug-likeness (QED) is 0.387. The first-order chi connectivity index (χ1) is 16.2. The SMILES string of the molecule is COc1cc(F)cc(-c2cncc3[nH]c(-c4n[nH]c5cnc(-c6cccnc6)cc45)cc23)c1. The fourth-order valence-electron chi connectivity index (χ4n) is 4.04. The molecule has 0 radical (unpaired) electrons. The van der Waals surface area contributed by atoms with Gasteiger partial charge in [0.15, 0.2) is 0 Å². The molecule has 33 heavy (non-hydrogen) atoms. The first-order valence-electron chi connectivity index (χ1n) is 10.3. The molecule has 0 amide bonds. The van der Waals surface area contributed by atoms with Crippen LogP contribution in [0.1, 0.15) is 0 Å². The summed E-state index contributed by atoms with van der Waals surface area (Å²) in [6, 6.07) is 12.5. The van der Waals surface area contributed by atoms with Gasteiger partial charge in [0.05, 0.1) is 41.9 Å². The average Bonchev–Trinajstić information content (AvgIpc) is 3.47. The maximum absolute atomic E-state index is 14.1. The van der Waals surface area contributed by atoms with Gasteiger partial charge in [0, 0.05) is 46.6 Å². The van der Waals surface area contributed by atoms with Crippen molar-refractivity contribution in [2.24, 2.45) is 0 Å². The van der Waals surface area contributed by atoms with Crippen molar-refractivity contribution < 1.29 is 9.13 Å². The first-order valence-corrected chi connectivity index (χ1v) is 10.3. The third kappa shape index (κ3) is 3.28. The molecule has 8 heteroatoms. The van der Waals surface area contributed by atoms with E-state index in [1.54, 1.807) is 37.1 Å². The van der Waals surface area contributed by atoms with E-state index in [0.717, 1.165) is 50.0 Å². The second-order valence-corrected chi connectivity index (χ2v) is 7.64. The number of nitrogens with one attached hydrogen (secondary N) is 2. The molecular formula is C25H17FN6O. The van der Waals surface area contributed by atoms with E-state index in [2.05, 4.69) is 30.1 Å². The van der Waals surface area contributed by atoms with Gasteiger partial charge in [-0.25, -0.2) is 4.39 Å². The van der Waals surface area contributed by atoms with E-state index in [9.17, 15) is 4.39 Å². The number of ether oxygens (including phenoxy) is 1. The fraction of sp³-hybridized carbons (Fsp3) is 0.0400. The second kappa shape index (κ2) is 7.52. The Kier molecular flexibility index (Phi) is 4.36. The number of hydrogen-bond donors (Lipinski definition) is 2. The van der Waals surface area contributed by atoms with Crippen LogP contribution in [-0.2, 0) is 0 Å². The molecule has 6 rings (SSSR count). The Labute approximate surface area is 187 Å². The molecule has 0 bridgehead atoms. The predicted molar refractivity (Wildman–Crippen MR) is 124 cm³/mol. The Balaban J connectivity index is 1.50. The summed E-state index contributed by atoms with van der Waals surface area (Å²) in [7, 11) is 1.52. The Morgan fingerprint density at radius 2 is 1.82 bits per heavy atom. The molecule has 0 atom stereocenters. The van der Waals surface area contributed by atoms with E-state index in [-0.39, 0.29) is 5.82 Å². The summed E-state index contributed by atoms with van der Waals surface area (Å²) in [6.07, 6.45) is 8.75. The third-order valence-electron chi connectivity index (χ3n) is 5.62. The van der Waals surface area contributed by atoms with Crippen LogP contribution in [0, 0.1) is 5.82 Å². The molecule has 0 fully saturated rings. The molecule has 5 aromatic heterocycles. The molecule has 1 aromatic carbocycles. The highest BCUT2D eigenvalue weighted by Gasteiger charge is 2.16. The van der Waals surface area contributed by atoms with Crippen molar-refractivity contribution in [1.29, 1.82) is 0 Å². The highest BCUT2D eigenvalue weighted by molar-refractivity contribution is 6.01. The van der Waals surface area contributed by atoms with Gasteiger partial charge in [-0.05, 0) is 42.0 Å². The molecule has 0 aliphatic carbocycles. The van der Waals surface area contributed by atoms with Crippen LogP contribution in [0.3, 0.4) is 0 Å². The van der Waals surface area contributed by atoms with Crippen LogP contribution >= 0.6 is 0 Å². The van der Waals surface area contributed by atoms with Crippen molar-refractivity contribution in [3.05, 3.63) is 79.3 Å². The highest BCUT2D eigenvalue weighted by Crippen LogP contribution is 2.35. The maximum Gasteiger partial charge on any atom is 0.127 e. The van der Waals surface area contributed by atoms with Crippen molar-refractivity contribution in [3.8, 4) is 39.5 Å². The van der Waals surface area contributed by atoms with Gasteiger partial charge < -0.3 is 9.72 Å². The zero-order valence-electron chi connectivity index (χ0n) is 17.5. The Bertz CT molecular complexity index is 1620. The number of pyridine rings is 3. The van der Waals surface area contributed by atoms with Crippen LogP contribution in [0.2, 0.25) is 0 Å². The van der Waals surface area contributed by atoms with E-state index in [1.165, 1.54) is 19.2 Å². The van der Waals surface area contributed by atoms with Gasteiger partial charge in [0.25, 0.3) is 0 Å². The summed E-state index contributed by atoms with van der Waals surface area (Å²) in [6.45, 7) is 0. The van der Waals surface area contributed by atoms with Gasteiger partial charge in [0.1, 0.15) is 17.3 Å². The minimum absolute atomic E-state index is 0.370. The lowest BCUT2D eigenvalue weighted by Gasteiger charge is -2.06. The molecule has 0 aliphatic rings. The van der Waals surface area contributed by atoms with E-state index in [4.69, 9.17) is 4.74 Å². The Hall–Kier alpha value is -4.59. The van der Waals surface area contributed by atoms with Crippen LogP contribution in [0.15, 0.2) is 73.4 Å². The molecule has 2 N–H and O–H groups in total. The lowest BCUT2D eigenvalue weighted by Crippen LogP contribution is -1.88. The minimum Gasteiger partial charge on any atom is -0.497 e. The van der Waals surface area contributed by atoms with Gasteiger partial charge in [-0.3, -0.25) is 20.1 Å². The standard InChI is InChI=1S/C25H17FN6O/c1-33-17-6-15(5-16(26)7-17)20-11-28-12-23-18(20)8-22(30-23)25-19-9-21(14-3-2-4-27-10-14)29-13-24(19)31-32-25/h2-13,30H,1H3,(H,31,32). The normalized spacial score (nSPS) is 11.3. The summed E-state index contributed by atoms with van der Waals surface area (Å²) in [5.41, 5.74) is 6.44. The summed E-state index contributed by atoms with van der Waals surface area (Å²) >= 11 is 0. The van der Waals surface area contributed by atoms with Gasteiger partial charge in [0.2, 0.25) is 0 Å². The second-order valence-electron chi connectivity index (χ2n) is 7.64. The summed E-state index contributed by atoms with van der Waals surface area (Å²) in [5.74, 6) is 0.0809. The van der Waals surface area contributed by atoms with Crippen LogP contribution in [0.4, 0.5) is 4.39 Å². The molecule has 0 saturated carbocycles. The van der Waals surface area contributed by atoms with Gasteiger partial charge in [-0.15, -0.1) is 0 Å². The predicted octanol–water partition coefficient (Wildman–Crippen LogP) is 5.38. The van der Waals surface area contributed by atoms with Gasteiger partial charge in [-0.1, -0.05) is 0 Å². The number of nitrogens with zero attached hydrogens (tertiary/aromatic N) is 4. The van der Waals surface area contributed by atoms with Gasteiger partial charge >= 0.3 is 0 Å². The number of aromatic nitrogens is 6. The molecule has 6 aromatic rings. The molecule has 0 spiro atoms. The summed E-state index contributed by atoms with van der Waals surface area (Å²) in [4.78, 5) is 16.5. The molecule has 0 aliphatic heterocycles. The highest BCUT2D eigenvalue weighted by atomic mass is 19.1. The Morgan fingerprint density at radius 3 is 2.67 bits per heavy atom. The van der Waals surface area contributed by atoms with E-state index in [0.29, 0.717) is 11.3 Å². The zero-order chi connectivity index (χ0) is 22.4. The van der Waals surface area contributed by atoms with Crippen LogP contribution in [0.5, 0.6) is 5.75 Å². The minimum atomic E-state index is -0.370. The van der Waals surface area contributed by atoms with Crippen molar-refractivity contribution in [3.63, 3.8) is 0 Å². The van der Waals surface area contributed by atoms with E-state index in [1.807, 2.05) is 24.3 Å². The van der Waals surface area contributed by atoms with Crippen molar-refractivity contribution in [2.45, 2.75) is 0 Å². The van der Waals surface area contributed by atoms with Crippen molar-refractivity contribution >= 4 is 21.8 Å². The molecule has 0 saturated heterocycles. The van der Waals surface area contributed by atoms with E-state index >= 15 is 0 Å². The summed E-state index contributed by atoms with van der Waals surface area (Å²) < 4.78 is 19.4. The fourth-order valence-corrected chi connectivity index (χ4v) is 4.04. The molecule has 5 heterocycles. The van der Waals surface area contributed by atoms with Crippen LogP contribution in [-0.4, -0.2) is 37.2 Å². The topological polar surface area (TPSA) is 92.4 Å². The molecule has 160 valence electrons. The lowest BCUT2D eigenvalue weighted by molar-refractivity contribution is 0.411. The number of methoxy groups -OCH3 is 1. The van der Waals surface area contributed by atoms with Crippen molar-refractivity contribution in [1.82, 2.24) is 30.1 Å². The number of H-pyrrole nitrogens is 2.